The molecule has 0 spiro atoms. The van der Waals surface area contributed by atoms with Crippen molar-refractivity contribution in [2.75, 3.05) is 42.3 Å². The predicted molar refractivity (Wildman–Crippen MR) is 106 cm³/mol. The highest BCUT2D eigenvalue weighted by Gasteiger charge is 2.23. The Morgan fingerprint density at radius 2 is 1.85 bits per heavy atom. The van der Waals surface area contributed by atoms with E-state index in [1.807, 2.05) is 12.1 Å². The fourth-order valence-electron chi connectivity index (χ4n) is 3.27. The number of benzene rings is 1. The van der Waals surface area contributed by atoms with E-state index in [1.165, 1.54) is 16.8 Å². The zero-order valence-electron chi connectivity index (χ0n) is 15.6. The molecule has 8 nitrogen and oxygen atoms in total. The normalized spacial score (nSPS) is 15.7. The number of nitrogens with one attached hydrogen (secondary N) is 1. The number of carbonyl (C=O) groups is 1. The number of aromatic nitrogens is 1. The highest BCUT2D eigenvalue weighted by Crippen LogP contribution is 2.29. The first kappa shape index (κ1) is 19.2. The van der Waals surface area contributed by atoms with Gasteiger partial charge in [-0.25, -0.2) is 8.42 Å². The van der Waals surface area contributed by atoms with Crippen LogP contribution in [-0.2, 0) is 17.1 Å². The minimum absolute atomic E-state index is 0.00408. The Morgan fingerprint density at radius 3 is 2.44 bits per heavy atom. The topological polar surface area (TPSA) is 101 Å². The van der Waals surface area contributed by atoms with Crippen LogP contribution in [-0.4, -0.2) is 56.5 Å². The van der Waals surface area contributed by atoms with Gasteiger partial charge < -0.3 is 20.1 Å². The zero-order chi connectivity index (χ0) is 19.6. The smallest absolute Gasteiger partial charge is 0.265 e. The molecule has 1 fully saturated rings. The summed E-state index contributed by atoms with van der Waals surface area (Å²) in [5.41, 5.74) is 6.79. The first-order valence-electron chi connectivity index (χ1n) is 8.87. The molecule has 1 aliphatic rings. The number of carbonyl (C=O) groups excluding carboxylic acids is 1. The Kier molecular flexibility index (Phi) is 5.43. The molecule has 146 valence electrons. The number of nitrogens with two attached hydrogens (primary N) is 1. The van der Waals surface area contributed by atoms with Crippen LogP contribution in [0.3, 0.4) is 0 Å². The van der Waals surface area contributed by atoms with Crippen molar-refractivity contribution in [2.45, 2.75) is 11.8 Å². The van der Waals surface area contributed by atoms with E-state index in [1.54, 1.807) is 19.2 Å². The maximum absolute atomic E-state index is 12.8. The van der Waals surface area contributed by atoms with Gasteiger partial charge in [0.2, 0.25) is 0 Å². The molecule has 2 heterocycles. The lowest BCUT2D eigenvalue weighted by Crippen LogP contribution is -2.46. The Labute approximate surface area is 159 Å². The van der Waals surface area contributed by atoms with Gasteiger partial charge in [-0.2, -0.15) is 0 Å². The maximum Gasteiger partial charge on any atom is 0.265 e. The van der Waals surface area contributed by atoms with Crippen LogP contribution in [0.2, 0.25) is 0 Å². The summed E-state index contributed by atoms with van der Waals surface area (Å²) in [5, 5.41) is 0. The van der Waals surface area contributed by atoms with Gasteiger partial charge in [-0.05, 0) is 24.7 Å². The monoisotopic (exact) mass is 391 g/mol. The molecule has 27 heavy (non-hydrogen) atoms. The molecular formula is C18H25N5O3S. The van der Waals surface area contributed by atoms with Crippen molar-refractivity contribution in [1.29, 1.82) is 0 Å². The molecule has 1 amide bonds. The quantitative estimate of drug-likeness (QED) is 0.767. The van der Waals surface area contributed by atoms with Crippen LogP contribution in [0.25, 0.3) is 0 Å². The summed E-state index contributed by atoms with van der Waals surface area (Å²) in [6, 6.07) is 8.64. The van der Waals surface area contributed by atoms with E-state index < -0.39 is 15.9 Å². The van der Waals surface area contributed by atoms with Gasteiger partial charge in [-0.15, -0.1) is 0 Å². The fourth-order valence-corrected chi connectivity index (χ4v) is 4.41. The van der Waals surface area contributed by atoms with E-state index in [0.717, 1.165) is 38.4 Å². The predicted octanol–water partition coefficient (Wildman–Crippen LogP) is 1.07. The number of amides is 1. The lowest BCUT2D eigenvalue weighted by Gasteiger charge is -2.36. The third-order valence-corrected chi connectivity index (χ3v) is 6.18. The van der Waals surface area contributed by atoms with Crippen LogP contribution in [0.1, 0.15) is 17.4 Å². The average Bonchev–Trinajstić information content (AvgIpc) is 3.05. The molecule has 0 aliphatic carbocycles. The van der Waals surface area contributed by atoms with Crippen molar-refractivity contribution in [3.05, 3.63) is 42.2 Å². The number of hydrogen-bond acceptors (Lipinski definition) is 5. The summed E-state index contributed by atoms with van der Waals surface area (Å²) in [4.78, 5) is 16.0. The standard InChI is InChI=1S/C18H25N5O3S/c1-3-22-8-10-23(11-9-22)16-7-5-4-6-15(16)20-27(25,26)14-12-17(18(19)24)21(2)13-14/h4-7,12-13,20H,3,8-11H2,1-2H3,(H2,19,24). The van der Waals surface area contributed by atoms with E-state index in [2.05, 4.69) is 21.4 Å². The Bertz CT molecular complexity index is 930. The van der Waals surface area contributed by atoms with Gasteiger partial charge in [0, 0.05) is 39.4 Å². The van der Waals surface area contributed by atoms with Crippen LogP contribution in [0, 0.1) is 0 Å². The second-order valence-electron chi connectivity index (χ2n) is 6.58. The molecular weight excluding hydrogens is 366 g/mol. The number of anilines is 2. The number of likely N-dealkylation sites (N-methyl/N-ethyl adjacent to an activating group) is 1. The molecule has 1 aromatic heterocycles. The van der Waals surface area contributed by atoms with Crippen molar-refractivity contribution in [2.24, 2.45) is 12.8 Å². The van der Waals surface area contributed by atoms with Crippen molar-refractivity contribution in [3.8, 4) is 0 Å². The van der Waals surface area contributed by atoms with Gasteiger partial charge in [-0.1, -0.05) is 19.1 Å². The zero-order valence-corrected chi connectivity index (χ0v) is 16.4. The van der Waals surface area contributed by atoms with Gasteiger partial charge in [0.05, 0.1) is 11.4 Å². The van der Waals surface area contributed by atoms with Crippen LogP contribution < -0.4 is 15.4 Å². The molecule has 3 N–H and O–H groups in total. The van der Waals surface area contributed by atoms with Gasteiger partial charge in [-0.3, -0.25) is 9.52 Å². The lowest BCUT2D eigenvalue weighted by molar-refractivity contribution is 0.0992. The minimum atomic E-state index is -3.84. The number of nitrogens with zero attached hydrogens (tertiary/aromatic N) is 3. The number of rotatable bonds is 6. The summed E-state index contributed by atoms with van der Waals surface area (Å²) in [6.07, 6.45) is 1.38. The van der Waals surface area contributed by atoms with Crippen LogP contribution in [0.15, 0.2) is 41.4 Å². The van der Waals surface area contributed by atoms with Crippen molar-refractivity contribution < 1.29 is 13.2 Å². The molecule has 2 aromatic rings. The lowest BCUT2D eigenvalue weighted by atomic mass is 10.2. The van der Waals surface area contributed by atoms with E-state index in [9.17, 15) is 13.2 Å². The largest absolute Gasteiger partial charge is 0.367 e. The van der Waals surface area contributed by atoms with Gasteiger partial charge in [0.25, 0.3) is 15.9 Å². The maximum atomic E-state index is 12.8. The highest BCUT2D eigenvalue weighted by atomic mass is 32.2. The molecule has 1 aromatic carbocycles. The first-order chi connectivity index (χ1) is 12.8. The molecule has 1 aliphatic heterocycles. The number of aryl methyl sites for hydroxylation is 1. The van der Waals surface area contributed by atoms with Crippen LogP contribution in [0.4, 0.5) is 11.4 Å². The van der Waals surface area contributed by atoms with Crippen molar-refractivity contribution in [1.82, 2.24) is 9.47 Å². The Hall–Kier alpha value is -2.52. The first-order valence-corrected chi connectivity index (χ1v) is 10.4. The molecule has 0 radical (unpaired) electrons. The molecule has 0 saturated carbocycles. The number of para-hydroxylation sites is 2. The average molecular weight is 391 g/mol. The van der Waals surface area contributed by atoms with E-state index in [0.29, 0.717) is 5.69 Å². The van der Waals surface area contributed by atoms with E-state index in [-0.39, 0.29) is 10.6 Å². The van der Waals surface area contributed by atoms with E-state index in [4.69, 9.17) is 5.73 Å². The number of piperazine rings is 1. The van der Waals surface area contributed by atoms with Crippen LogP contribution >= 0.6 is 0 Å². The molecule has 0 bridgehead atoms. The number of hydrogen-bond donors (Lipinski definition) is 2. The molecule has 0 atom stereocenters. The summed E-state index contributed by atoms with van der Waals surface area (Å²) < 4.78 is 29.7. The second kappa shape index (κ2) is 7.61. The second-order valence-corrected chi connectivity index (χ2v) is 8.26. The van der Waals surface area contributed by atoms with Crippen molar-refractivity contribution in [3.63, 3.8) is 0 Å². The molecule has 0 unspecified atom stereocenters. The molecule has 1 saturated heterocycles. The van der Waals surface area contributed by atoms with Gasteiger partial charge >= 0.3 is 0 Å². The van der Waals surface area contributed by atoms with Crippen molar-refractivity contribution >= 4 is 27.3 Å². The molecule has 3 rings (SSSR count). The summed E-state index contributed by atoms with van der Waals surface area (Å²) in [5.74, 6) is -0.673. The Morgan fingerprint density at radius 1 is 1.19 bits per heavy atom. The highest BCUT2D eigenvalue weighted by molar-refractivity contribution is 7.92. The number of primary amides is 1. The van der Waals surface area contributed by atoms with E-state index >= 15 is 0 Å². The summed E-state index contributed by atoms with van der Waals surface area (Å²) in [6.45, 7) is 6.71. The van der Waals surface area contributed by atoms with Gasteiger partial charge in [0.1, 0.15) is 10.6 Å². The summed E-state index contributed by atoms with van der Waals surface area (Å²) in [7, 11) is -2.26. The summed E-state index contributed by atoms with van der Waals surface area (Å²) >= 11 is 0. The number of sulfonamides is 1. The Balaban J connectivity index is 1.85. The molecule has 9 heteroatoms. The third kappa shape index (κ3) is 4.09. The fraction of sp³-hybridized carbons (Fsp3) is 0.389. The van der Waals surface area contributed by atoms with Gasteiger partial charge in [0.15, 0.2) is 0 Å². The minimum Gasteiger partial charge on any atom is -0.367 e. The third-order valence-electron chi connectivity index (χ3n) is 4.85. The SMILES string of the molecule is CCN1CCN(c2ccccc2NS(=O)(=O)c2cc(C(N)=O)n(C)c2)CC1. The van der Waals surface area contributed by atoms with Crippen LogP contribution in [0.5, 0.6) is 0 Å².